The number of aromatic nitrogens is 1. The molecule has 1 amide bonds. The third-order valence-corrected chi connectivity index (χ3v) is 4.03. The van der Waals surface area contributed by atoms with Crippen molar-refractivity contribution in [2.24, 2.45) is 16.1 Å². The zero-order valence-electron chi connectivity index (χ0n) is 13.0. The first kappa shape index (κ1) is 15.5. The summed E-state index contributed by atoms with van der Waals surface area (Å²) >= 11 is 0. The maximum absolute atomic E-state index is 12.1. The average Bonchev–Trinajstić information content (AvgIpc) is 3.48. The summed E-state index contributed by atoms with van der Waals surface area (Å²) in [6.07, 6.45) is 11.3. The predicted octanol–water partition coefficient (Wildman–Crippen LogP) is 2.57. The summed E-state index contributed by atoms with van der Waals surface area (Å²) in [5.41, 5.74) is 0.157. The second-order valence-corrected chi connectivity index (χ2v) is 6.03. The van der Waals surface area contributed by atoms with Crippen LogP contribution in [0.15, 0.2) is 28.6 Å². The van der Waals surface area contributed by atoms with Gasteiger partial charge in [0.25, 0.3) is 5.91 Å². The van der Waals surface area contributed by atoms with E-state index in [1.54, 1.807) is 12.1 Å². The highest BCUT2D eigenvalue weighted by Gasteiger charge is 2.38. The summed E-state index contributed by atoms with van der Waals surface area (Å²) in [7, 11) is 0. The number of pyridine rings is 1. The summed E-state index contributed by atoms with van der Waals surface area (Å²) in [6.45, 7) is 1.22. The SMILES string of the molecule is C#CCCC1(CCNC(=O)c2ccc(OCC3CC3)nc2)N=N1. The Kier molecular flexibility index (Phi) is 4.56. The van der Waals surface area contributed by atoms with Gasteiger partial charge in [-0.1, -0.05) is 0 Å². The Balaban J connectivity index is 1.40. The van der Waals surface area contributed by atoms with Crippen molar-refractivity contribution in [3.8, 4) is 18.2 Å². The van der Waals surface area contributed by atoms with Gasteiger partial charge in [0.15, 0.2) is 5.66 Å². The van der Waals surface area contributed by atoms with Gasteiger partial charge in [0, 0.05) is 38.1 Å². The predicted molar refractivity (Wildman–Crippen MR) is 85.1 cm³/mol. The monoisotopic (exact) mass is 312 g/mol. The van der Waals surface area contributed by atoms with Crippen molar-refractivity contribution in [1.29, 1.82) is 0 Å². The highest BCUT2D eigenvalue weighted by molar-refractivity contribution is 5.93. The van der Waals surface area contributed by atoms with Crippen LogP contribution in [0.25, 0.3) is 0 Å². The van der Waals surface area contributed by atoms with Crippen LogP contribution < -0.4 is 10.1 Å². The van der Waals surface area contributed by atoms with Crippen LogP contribution in [0.2, 0.25) is 0 Å². The minimum absolute atomic E-state index is 0.154. The molecule has 0 bridgehead atoms. The number of hydrogen-bond donors (Lipinski definition) is 1. The number of ether oxygens (including phenoxy) is 1. The van der Waals surface area contributed by atoms with Crippen molar-refractivity contribution in [2.75, 3.05) is 13.2 Å². The van der Waals surface area contributed by atoms with E-state index >= 15 is 0 Å². The molecule has 1 fully saturated rings. The van der Waals surface area contributed by atoms with Crippen LogP contribution in [0.1, 0.15) is 42.5 Å². The van der Waals surface area contributed by atoms with Gasteiger partial charge in [-0.05, 0) is 24.8 Å². The molecule has 1 aromatic rings. The third kappa shape index (κ3) is 4.52. The molecular weight excluding hydrogens is 292 g/mol. The molecule has 6 heteroatoms. The van der Waals surface area contributed by atoms with Gasteiger partial charge < -0.3 is 10.1 Å². The first-order valence-corrected chi connectivity index (χ1v) is 7.95. The zero-order chi connectivity index (χ0) is 16.1. The second-order valence-electron chi connectivity index (χ2n) is 6.03. The standard InChI is InChI=1S/C17H20N4O2/c1-2-3-8-17(20-21-17)9-10-18-16(22)14-6-7-15(19-11-14)23-12-13-4-5-13/h1,6-7,11,13H,3-5,8-10,12H2,(H,18,22). The van der Waals surface area contributed by atoms with Crippen molar-refractivity contribution < 1.29 is 9.53 Å². The molecule has 0 atom stereocenters. The fraction of sp³-hybridized carbons (Fsp3) is 0.529. The van der Waals surface area contributed by atoms with Crippen molar-refractivity contribution in [3.05, 3.63) is 23.9 Å². The molecule has 1 aromatic heterocycles. The van der Waals surface area contributed by atoms with E-state index in [1.807, 2.05) is 0 Å². The molecule has 1 aliphatic carbocycles. The van der Waals surface area contributed by atoms with Crippen LogP contribution in [-0.4, -0.2) is 29.7 Å². The Morgan fingerprint density at radius 2 is 2.22 bits per heavy atom. The minimum Gasteiger partial charge on any atom is -0.477 e. The lowest BCUT2D eigenvalue weighted by atomic mass is 10.0. The van der Waals surface area contributed by atoms with Gasteiger partial charge in [-0.25, -0.2) is 4.98 Å². The first-order valence-electron chi connectivity index (χ1n) is 7.95. The van der Waals surface area contributed by atoms with E-state index in [1.165, 1.54) is 19.0 Å². The van der Waals surface area contributed by atoms with Gasteiger partial charge >= 0.3 is 0 Å². The number of nitrogens with zero attached hydrogens (tertiary/aromatic N) is 3. The maximum atomic E-state index is 12.1. The van der Waals surface area contributed by atoms with Gasteiger partial charge in [0.1, 0.15) is 0 Å². The topological polar surface area (TPSA) is 75.9 Å². The van der Waals surface area contributed by atoms with E-state index in [2.05, 4.69) is 26.4 Å². The fourth-order valence-electron chi connectivity index (χ4n) is 2.23. The second kappa shape index (κ2) is 6.78. The summed E-state index contributed by atoms with van der Waals surface area (Å²) < 4.78 is 5.55. The summed E-state index contributed by atoms with van der Waals surface area (Å²) in [6, 6.07) is 3.46. The van der Waals surface area contributed by atoms with Crippen LogP contribution in [0.5, 0.6) is 5.88 Å². The number of carbonyl (C=O) groups excluding carboxylic acids is 1. The molecule has 1 saturated carbocycles. The lowest BCUT2D eigenvalue weighted by Crippen LogP contribution is -2.28. The Morgan fingerprint density at radius 1 is 1.39 bits per heavy atom. The number of hydrogen-bond acceptors (Lipinski definition) is 5. The van der Waals surface area contributed by atoms with E-state index in [4.69, 9.17) is 11.2 Å². The first-order chi connectivity index (χ1) is 11.2. The van der Waals surface area contributed by atoms with Crippen molar-refractivity contribution in [3.63, 3.8) is 0 Å². The summed E-state index contributed by atoms with van der Waals surface area (Å²) in [4.78, 5) is 16.2. The normalized spacial score (nSPS) is 17.3. The fourth-order valence-corrected chi connectivity index (χ4v) is 2.23. The lowest BCUT2D eigenvalue weighted by molar-refractivity contribution is 0.0951. The molecule has 0 aromatic carbocycles. The third-order valence-electron chi connectivity index (χ3n) is 4.03. The number of terminal acetylenes is 1. The van der Waals surface area contributed by atoms with E-state index in [0.717, 1.165) is 6.42 Å². The van der Waals surface area contributed by atoms with Gasteiger partial charge in [-0.3, -0.25) is 4.79 Å². The number of rotatable bonds is 9. The molecule has 0 spiro atoms. The number of amides is 1. The highest BCUT2D eigenvalue weighted by Crippen LogP contribution is 2.36. The Hall–Kier alpha value is -2.42. The van der Waals surface area contributed by atoms with Crippen LogP contribution in [0, 0.1) is 18.3 Å². The summed E-state index contributed by atoms with van der Waals surface area (Å²) in [5, 5.41) is 10.9. The van der Waals surface area contributed by atoms with Crippen molar-refractivity contribution in [2.45, 2.75) is 37.8 Å². The molecule has 120 valence electrons. The molecule has 0 radical (unpaired) electrons. The molecule has 23 heavy (non-hydrogen) atoms. The molecule has 1 N–H and O–H groups in total. The van der Waals surface area contributed by atoms with Crippen LogP contribution in [0.3, 0.4) is 0 Å². The maximum Gasteiger partial charge on any atom is 0.252 e. The van der Waals surface area contributed by atoms with E-state index in [-0.39, 0.29) is 11.6 Å². The van der Waals surface area contributed by atoms with Crippen LogP contribution in [-0.2, 0) is 0 Å². The molecule has 1 aliphatic heterocycles. The molecule has 2 aliphatic rings. The quantitative estimate of drug-likeness (QED) is 0.712. The van der Waals surface area contributed by atoms with Crippen molar-refractivity contribution in [1.82, 2.24) is 10.3 Å². The van der Waals surface area contributed by atoms with Gasteiger partial charge in [0.2, 0.25) is 5.88 Å². The molecule has 6 nitrogen and oxygen atoms in total. The molecular formula is C17H20N4O2. The summed E-state index contributed by atoms with van der Waals surface area (Å²) in [5.74, 6) is 3.68. The molecule has 0 saturated heterocycles. The average molecular weight is 312 g/mol. The molecule has 2 heterocycles. The Bertz CT molecular complexity index is 623. The Morgan fingerprint density at radius 3 is 2.83 bits per heavy atom. The van der Waals surface area contributed by atoms with Crippen molar-refractivity contribution >= 4 is 5.91 Å². The van der Waals surface area contributed by atoms with Gasteiger partial charge in [-0.2, -0.15) is 10.2 Å². The number of carbonyl (C=O) groups is 1. The molecule has 3 rings (SSSR count). The zero-order valence-corrected chi connectivity index (χ0v) is 13.0. The van der Waals surface area contributed by atoms with E-state index < -0.39 is 0 Å². The Labute approximate surface area is 135 Å². The highest BCUT2D eigenvalue weighted by atomic mass is 16.5. The lowest BCUT2D eigenvalue weighted by Gasteiger charge is -2.10. The van der Waals surface area contributed by atoms with Crippen LogP contribution >= 0.6 is 0 Å². The number of nitrogens with one attached hydrogen (secondary N) is 1. The van der Waals surface area contributed by atoms with Crippen LogP contribution in [0.4, 0.5) is 0 Å². The van der Waals surface area contributed by atoms with Gasteiger partial charge in [-0.15, -0.1) is 12.3 Å². The smallest absolute Gasteiger partial charge is 0.252 e. The minimum atomic E-state index is -0.363. The van der Waals surface area contributed by atoms with E-state index in [9.17, 15) is 4.79 Å². The largest absolute Gasteiger partial charge is 0.477 e. The molecule has 0 unspecified atom stereocenters. The van der Waals surface area contributed by atoms with E-state index in [0.29, 0.717) is 43.4 Å². The van der Waals surface area contributed by atoms with Gasteiger partial charge in [0.05, 0.1) is 12.2 Å².